The molecule has 5 rings (SSSR count). The van der Waals surface area contributed by atoms with Crippen LogP contribution in [0.3, 0.4) is 0 Å². The van der Waals surface area contributed by atoms with E-state index >= 15 is 0 Å². The van der Waals surface area contributed by atoms with Crippen molar-refractivity contribution in [2.24, 2.45) is 0 Å². The number of nitrogens with one attached hydrogen (secondary N) is 2. The number of anilines is 1. The third kappa shape index (κ3) is 3.88. The van der Waals surface area contributed by atoms with Crippen molar-refractivity contribution in [1.29, 1.82) is 0 Å². The minimum atomic E-state index is -0.456. The summed E-state index contributed by atoms with van der Waals surface area (Å²) in [7, 11) is 0. The van der Waals surface area contributed by atoms with E-state index in [0.29, 0.717) is 5.82 Å². The molecule has 0 saturated carbocycles. The number of H-pyrrole nitrogens is 1. The molecule has 0 aliphatic rings. The number of benzene rings is 4. The fourth-order valence-electron chi connectivity index (χ4n) is 3.91. The van der Waals surface area contributed by atoms with Crippen LogP contribution in [0.25, 0.3) is 22.0 Å². The van der Waals surface area contributed by atoms with Gasteiger partial charge in [-0.25, -0.2) is 4.39 Å². The molecule has 0 bridgehead atoms. The van der Waals surface area contributed by atoms with Gasteiger partial charge in [0.05, 0.1) is 11.4 Å². The molecule has 0 aliphatic carbocycles. The van der Waals surface area contributed by atoms with Gasteiger partial charge in [-0.05, 0) is 46.5 Å². The molecule has 2 N–H and O–H groups in total. The van der Waals surface area contributed by atoms with Gasteiger partial charge < -0.3 is 5.32 Å². The zero-order valence-electron chi connectivity index (χ0n) is 17.1. The number of hydrogen-bond donors (Lipinski definition) is 2. The Bertz CT molecular complexity index is 1320. The van der Waals surface area contributed by atoms with Gasteiger partial charge in [-0.1, -0.05) is 78.9 Å². The molecule has 5 heteroatoms. The van der Waals surface area contributed by atoms with Crippen LogP contribution in [0.15, 0.2) is 103 Å². The van der Waals surface area contributed by atoms with Crippen molar-refractivity contribution in [3.8, 4) is 11.1 Å². The Kier molecular flexibility index (Phi) is 5.22. The molecule has 0 fully saturated rings. The topological polar surface area (TPSA) is 57.8 Å². The molecule has 5 aromatic rings. The van der Waals surface area contributed by atoms with Crippen LogP contribution in [0.4, 0.5) is 10.2 Å². The van der Waals surface area contributed by atoms with Crippen LogP contribution in [0, 0.1) is 5.82 Å². The molecule has 0 radical (unpaired) electrons. The van der Waals surface area contributed by atoms with Gasteiger partial charge in [-0.15, -0.1) is 0 Å². The van der Waals surface area contributed by atoms with Gasteiger partial charge in [-0.3, -0.25) is 9.89 Å². The molecule has 156 valence electrons. The maximum atomic E-state index is 13.4. The average Bonchev–Trinajstić information content (AvgIpc) is 3.23. The van der Waals surface area contributed by atoms with Gasteiger partial charge in [0, 0.05) is 5.39 Å². The molecule has 0 atom stereocenters. The summed E-state index contributed by atoms with van der Waals surface area (Å²) in [6.07, 6.45) is 0. The molecule has 0 aliphatic heterocycles. The van der Waals surface area contributed by atoms with Crippen molar-refractivity contribution in [3.63, 3.8) is 0 Å². The van der Waals surface area contributed by atoms with E-state index in [0.717, 1.165) is 33.2 Å². The van der Waals surface area contributed by atoms with E-state index in [1.807, 2.05) is 78.9 Å². The standard InChI is InChI=1S/C27H20FN3O/c28-22-14-11-18(12-15-22)21-13-16-23-24(17-21)30-31-26(23)29-27(32)25(19-7-3-1-4-8-19)20-9-5-2-6-10-20/h1-17,25H,(H2,29,30,31,32). The largest absolute Gasteiger partial charge is 0.308 e. The molecule has 4 aromatic carbocycles. The Hall–Kier alpha value is -4.25. The summed E-state index contributed by atoms with van der Waals surface area (Å²) in [6, 6.07) is 31.5. The summed E-state index contributed by atoms with van der Waals surface area (Å²) in [4.78, 5) is 13.4. The number of aromatic amines is 1. The third-order valence-corrected chi connectivity index (χ3v) is 5.51. The van der Waals surface area contributed by atoms with Crippen molar-refractivity contribution in [1.82, 2.24) is 10.2 Å². The van der Waals surface area contributed by atoms with Crippen LogP contribution in [0.1, 0.15) is 17.0 Å². The molecular formula is C27H20FN3O. The summed E-state index contributed by atoms with van der Waals surface area (Å²) in [5.74, 6) is -0.402. The minimum absolute atomic E-state index is 0.154. The van der Waals surface area contributed by atoms with Crippen LogP contribution in [0.2, 0.25) is 0 Å². The van der Waals surface area contributed by atoms with Gasteiger partial charge in [0.15, 0.2) is 5.82 Å². The van der Waals surface area contributed by atoms with Crippen LogP contribution < -0.4 is 5.32 Å². The second-order valence-electron chi connectivity index (χ2n) is 7.58. The SMILES string of the molecule is O=C(Nc1n[nH]c2cc(-c3ccc(F)cc3)ccc12)C(c1ccccc1)c1ccccc1. The molecule has 32 heavy (non-hydrogen) atoms. The molecule has 4 nitrogen and oxygen atoms in total. The van der Waals surface area contributed by atoms with Crippen molar-refractivity contribution < 1.29 is 9.18 Å². The third-order valence-electron chi connectivity index (χ3n) is 5.51. The quantitative estimate of drug-likeness (QED) is 0.358. The van der Waals surface area contributed by atoms with E-state index in [1.54, 1.807) is 12.1 Å². The summed E-state index contributed by atoms with van der Waals surface area (Å²) < 4.78 is 13.2. The minimum Gasteiger partial charge on any atom is -0.308 e. The highest BCUT2D eigenvalue weighted by Crippen LogP contribution is 2.30. The number of nitrogens with zero attached hydrogens (tertiary/aromatic N) is 1. The molecule has 1 heterocycles. The first-order valence-electron chi connectivity index (χ1n) is 10.3. The van der Waals surface area contributed by atoms with Crippen LogP contribution in [0.5, 0.6) is 0 Å². The average molecular weight is 421 g/mol. The summed E-state index contributed by atoms with van der Waals surface area (Å²) in [5.41, 5.74) is 4.45. The van der Waals surface area contributed by atoms with E-state index in [1.165, 1.54) is 12.1 Å². The fourth-order valence-corrected chi connectivity index (χ4v) is 3.91. The molecule has 0 spiro atoms. The van der Waals surface area contributed by atoms with Crippen molar-refractivity contribution in [3.05, 3.63) is 120 Å². The van der Waals surface area contributed by atoms with Crippen LogP contribution in [-0.4, -0.2) is 16.1 Å². The number of aromatic nitrogens is 2. The van der Waals surface area contributed by atoms with E-state index in [9.17, 15) is 9.18 Å². The Balaban J connectivity index is 1.46. The van der Waals surface area contributed by atoms with E-state index < -0.39 is 5.92 Å². The molecule has 0 unspecified atom stereocenters. The lowest BCUT2D eigenvalue weighted by Gasteiger charge is -2.17. The van der Waals surface area contributed by atoms with Gasteiger partial charge >= 0.3 is 0 Å². The maximum absolute atomic E-state index is 13.4. The lowest BCUT2D eigenvalue weighted by Crippen LogP contribution is -2.22. The smallest absolute Gasteiger partial charge is 0.237 e. The summed E-state index contributed by atoms with van der Waals surface area (Å²) in [6.45, 7) is 0. The second-order valence-corrected chi connectivity index (χ2v) is 7.58. The molecular weight excluding hydrogens is 401 g/mol. The first-order chi connectivity index (χ1) is 15.7. The Morgan fingerprint density at radius 3 is 2.00 bits per heavy atom. The van der Waals surface area contributed by atoms with E-state index in [2.05, 4.69) is 15.5 Å². The van der Waals surface area contributed by atoms with E-state index in [-0.39, 0.29) is 11.7 Å². The number of amides is 1. The van der Waals surface area contributed by atoms with Gasteiger partial charge in [0.1, 0.15) is 5.82 Å². The van der Waals surface area contributed by atoms with Gasteiger partial charge in [-0.2, -0.15) is 5.10 Å². The lowest BCUT2D eigenvalue weighted by atomic mass is 9.90. The van der Waals surface area contributed by atoms with Crippen molar-refractivity contribution in [2.45, 2.75) is 5.92 Å². The predicted octanol–water partition coefficient (Wildman–Crippen LogP) is 6.14. The van der Waals surface area contributed by atoms with E-state index in [4.69, 9.17) is 0 Å². The number of halogens is 1. The normalized spacial score (nSPS) is 11.1. The van der Waals surface area contributed by atoms with Gasteiger partial charge in [0.2, 0.25) is 5.91 Å². The highest BCUT2D eigenvalue weighted by Gasteiger charge is 2.24. The summed E-state index contributed by atoms with van der Waals surface area (Å²) in [5, 5.41) is 11.1. The Labute approximate surface area is 184 Å². The Morgan fingerprint density at radius 2 is 1.38 bits per heavy atom. The number of rotatable bonds is 5. The number of hydrogen-bond acceptors (Lipinski definition) is 2. The molecule has 1 amide bonds. The highest BCUT2D eigenvalue weighted by molar-refractivity contribution is 6.04. The second kappa shape index (κ2) is 8.47. The predicted molar refractivity (Wildman–Crippen MR) is 125 cm³/mol. The fraction of sp³-hybridized carbons (Fsp3) is 0.0370. The maximum Gasteiger partial charge on any atom is 0.237 e. The zero-order valence-corrected chi connectivity index (χ0v) is 17.1. The first-order valence-corrected chi connectivity index (χ1v) is 10.3. The van der Waals surface area contributed by atoms with Crippen LogP contribution >= 0.6 is 0 Å². The number of carbonyl (C=O) groups is 1. The summed E-state index contributed by atoms with van der Waals surface area (Å²) >= 11 is 0. The zero-order chi connectivity index (χ0) is 21.9. The molecule has 1 aromatic heterocycles. The number of carbonyl (C=O) groups excluding carboxylic acids is 1. The van der Waals surface area contributed by atoms with Gasteiger partial charge in [0.25, 0.3) is 0 Å². The monoisotopic (exact) mass is 421 g/mol. The molecule has 0 saturated heterocycles. The Morgan fingerprint density at radius 1 is 0.781 bits per heavy atom. The van der Waals surface area contributed by atoms with Crippen molar-refractivity contribution in [2.75, 3.05) is 5.32 Å². The lowest BCUT2D eigenvalue weighted by molar-refractivity contribution is -0.116. The van der Waals surface area contributed by atoms with Crippen molar-refractivity contribution >= 4 is 22.6 Å². The number of fused-ring (bicyclic) bond motifs is 1. The van der Waals surface area contributed by atoms with Crippen LogP contribution in [-0.2, 0) is 4.79 Å². The highest BCUT2D eigenvalue weighted by atomic mass is 19.1. The first kappa shape index (κ1) is 19.7.